The number of hydrogen-bond acceptors (Lipinski definition) is 6. The van der Waals surface area contributed by atoms with Crippen LogP contribution in [-0.2, 0) is 6.54 Å². The van der Waals surface area contributed by atoms with Gasteiger partial charge in [-0.15, -0.1) is 5.10 Å². The maximum Gasteiger partial charge on any atom is 0.323 e. The Morgan fingerprint density at radius 2 is 1.83 bits per heavy atom. The van der Waals surface area contributed by atoms with Crippen LogP contribution in [0.3, 0.4) is 0 Å². The van der Waals surface area contributed by atoms with Gasteiger partial charge >= 0.3 is 5.69 Å². The summed E-state index contributed by atoms with van der Waals surface area (Å²) in [5.74, 6) is -0.547. The molecular weight excluding hydrogens is 461 g/mol. The maximum atomic E-state index is 15.1. The molecule has 0 spiro atoms. The number of halogens is 1. The van der Waals surface area contributed by atoms with Crippen molar-refractivity contribution in [2.75, 3.05) is 0 Å². The van der Waals surface area contributed by atoms with E-state index in [1.54, 1.807) is 53.3 Å². The van der Waals surface area contributed by atoms with Crippen molar-refractivity contribution in [3.8, 4) is 29.1 Å². The van der Waals surface area contributed by atoms with Crippen molar-refractivity contribution in [1.29, 1.82) is 10.5 Å². The molecule has 10 nitrogen and oxygen atoms in total. The topological polar surface area (TPSA) is 145 Å². The number of imidazole rings is 1. The van der Waals surface area contributed by atoms with E-state index in [0.29, 0.717) is 50.2 Å². The fraction of sp³-hybridized carbons (Fsp3) is 0.0400. The Morgan fingerprint density at radius 1 is 0.972 bits per heavy atom. The van der Waals surface area contributed by atoms with Gasteiger partial charge < -0.3 is 9.97 Å². The standard InChI is InChI=1S/C25H14FN9O/c26-19-8-16(22-5-6-29-34(22)13-15-2-1-14(11-27)7-17(15)12-28)9-23-24(19)32-33-35(23)18-3-4-20-21(10-18)31-25(36)30-20/h1-10H,13H2,(H2,30,31,36). The largest absolute Gasteiger partial charge is 0.323 e. The number of fused-ring (bicyclic) bond motifs is 2. The van der Waals surface area contributed by atoms with Gasteiger partial charge in [0.2, 0.25) is 0 Å². The monoisotopic (exact) mass is 475 g/mol. The van der Waals surface area contributed by atoms with Crippen molar-refractivity contribution in [3.63, 3.8) is 0 Å². The molecule has 172 valence electrons. The molecule has 0 bridgehead atoms. The summed E-state index contributed by atoms with van der Waals surface area (Å²) in [5, 5.41) is 31.1. The number of aromatic nitrogens is 7. The van der Waals surface area contributed by atoms with E-state index in [9.17, 15) is 10.1 Å². The Bertz CT molecular complexity index is 1940. The minimum absolute atomic E-state index is 0.103. The minimum atomic E-state index is -0.547. The molecule has 6 aromatic rings. The molecule has 36 heavy (non-hydrogen) atoms. The average Bonchev–Trinajstić information content (AvgIpc) is 3.61. The van der Waals surface area contributed by atoms with Crippen LogP contribution in [0.1, 0.15) is 16.7 Å². The number of H-pyrrole nitrogens is 2. The maximum absolute atomic E-state index is 15.1. The first-order valence-electron chi connectivity index (χ1n) is 10.8. The number of rotatable bonds is 4. The van der Waals surface area contributed by atoms with Crippen LogP contribution >= 0.6 is 0 Å². The highest BCUT2D eigenvalue weighted by molar-refractivity contribution is 5.84. The quantitative estimate of drug-likeness (QED) is 0.400. The molecule has 6 rings (SSSR count). The van der Waals surface area contributed by atoms with E-state index < -0.39 is 5.82 Å². The smallest absolute Gasteiger partial charge is 0.306 e. The average molecular weight is 475 g/mol. The molecule has 0 aliphatic heterocycles. The zero-order valence-corrected chi connectivity index (χ0v) is 18.4. The lowest BCUT2D eigenvalue weighted by atomic mass is 10.0. The summed E-state index contributed by atoms with van der Waals surface area (Å²) >= 11 is 0. The molecule has 0 saturated heterocycles. The highest BCUT2D eigenvalue weighted by Gasteiger charge is 2.17. The predicted octanol–water partition coefficient (Wildman–Crippen LogP) is 3.38. The van der Waals surface area contributed by atoms with Crippen LogP contribution in [-0.4, -0.2) is 34.7 Å². The second-order valence-corrected chi connectivity index (χ2v) is 8.11. The molecular formula is C25H14FN9O. The normalized spacial score (nSPS) is 11.1. The van der Waals surface area contributed by atoms with Crippen LogP contribution in [0.5, 0.6) is 0 Å². The van der Waals surface area contributed by atoms with Crippen molar-refractivity contribution in [2.24, 2.45) is 0 Å². The van der Waals surface area contributed by atoms with Crippen LogP contribution in [0.4, 0.5) is 4.39 Å². The molecule has 0 unspecified atom stereocenters. The first-order chi connectivity index (χ1) is 17.5. The molecule has 0 amide bonds. The van der Waals surface area contributed by atoms with Gasteiger partial charge in [0.25, 0.3) is 0 Å². The van der Waals surface area contributed by atoms with E-state index in [4.69, 9.17) is 5.26 Å². The second kappa shape index (κ2) is 8.04. The molecule has 3 heterocycles. The third-order valence-corrected chi connectivity index (χ3v) is 5.94. The van der Waals surface area contributed by atoms with Gasteiger partial charge in [-0.3, -0.25) is 4.68 Å². The lowest BCUT2D eigenvalue weighted by Crippen LogP contribution is -2.06. The van der Waals surface area contributed by atoms with E-state index in [1.807, 2.05) is 6.07 Å². The van der Waals surface area contributed by atoms with Crippen LogP contribution in [0.2, 0.25) is 0 Å². The zero-order valence-electron chi connectivity index (χ0n) is 18.4. The molecule has 3 aromatic heterocycles. The van der Waals surface area contributed by atoms with Crippen LogP contribution < -0.4 is 5.69 Å². The van der Waals surface area contributed by atoms with Crippen molar-refractivity contribution in [1.82, 2.24) is 34.7 Å². The second-order valence-electron chi connectivity index (χ2n) is 8.11. The third kappa shape index (κ3) is 3.40. The molecule has 0 atom stereocenters. The van der Waals surface area contributed by atoms with Gasteiger partial charge in [0, 0.05) is 11.8 Å². The fourth-order valence-electron chi connectivity index (χ4n) is 4.23. The predicted molar refractivity (Wildman–Crippen MR) is 127 cm³/mol. The SMILES string of the molecule is N#Cc1ccc(Cn2nccc2-c2cc(F)c3nnn(-c4ccc5[nH]c(=O)[nH]c5c4)c3c2)c(C#N)c1. The first kappa shape index (κ1) is 21.0. The Kier molecular flexibility index (Phi) is 4.69. The van der Waals surface area contributed by atoms with Gasteiger partial charge in [-0.05, 0) is 54.1 Å². The van der Waals surface area contributed by atoms with Gasteiger partial charge in [-0.25, -0.2) is 13.9 Å². The van der Waals surface area contributed by atoms with E-state index in [2.05, 4.69) is 31.4 Å². The number of benzene rings is 3. The lowest BCUT2D eigenvalue weighted by molar-refractivity contribution is 0.635. The van der Waals surface area contributed by atoms with Gasteiger partial charge in [-0.1, -0.05) is 11.3 Å². The number of nitrogens with one attached hydrogen (secondary N) is 2. The molecule has 0 aliphatic rings. The summed E-state index contributed by atoms with van der Waals surface area (Å²) in [6.45, 7) is 0.256. The van der Waals surface area contributed by atoms with Gasteiger partial charge in [0.05, 0.1) is 57.7 Å². The molecule has 0 aliphatic carbocycles. The first-order valence-corrected chi connectivity index (χ1v) is 10.8. The van der Waals surface area contributed by atoms with Crippen LogP contribution in [0.15, 0.2) is 65.6 Å². The molecule has 0 fully saturated rings. The van der Waals surface area contributed by atoms with E-state index >= 15 is 4.39 Å². The number of hydrogen-bond donors (Lipinski definition) is 2. The summed E-state index contributed by atoms with van der Waals surface area (Å²) in [6.07, 6.45) is 1.60. The van der Waals surface area contributed by atoms with Gasteiger partial charge in [0.1, 0.15) is 5.52 Å². The Labute approximate surface area is 201 Å². The summed E-state index contributed by atoms with van der Waals surface area (Å²) in [4.78, 5) is 17.0. The van der Waals surface area contributed by atoms with E-state index in [1.165, 1.54) is 16.8 Å². The van der Waals surface area contributed by atoms with Crippen molar-refractivity contribution in [3.05, 3.63) is 93.8 Å². The van der Waals surface area contributed by atoms with E-state index in [-0.39, 0.29) is 17.8 Å². The number of aromatic amines is 2. The summed E-state index contributed by atoms with van der Waals surface area (Å²) < 4.78 is 18.3. The third-order valence-electron chi connectivity index (χ3n) is 5.94. The zero-order chi connectivity index (χ0) is 24.8. The van der Waals surface area contributed by atoms with Crippen LogP contribution in [0.25, 0.3) is 39.0 Å². The fourth-order valence-corrected chi connectivity index (χ4v) is 4.23. The molecule has 11 heteroatoms. The number of nitrogens with zero attached hydrogens (tertiary/aromatic N) is 7. The summed E-state index contributed by atoms with van der Waals surface area (Å²) in [5.41, 5.74) is 4.67. The van der Waals surface area contributed by atoms with Crippen molar-refractivity contribution in [2.45, 2.75) is 6.54 Å². The number of nitriles is 2. The van der Waals surface area contributed by atoms with Crippen LogP contribution in [0, 0.1) is 28.5 Å². The highest BCUT2D eigenvalue weighted by Crippen LogP contribution is 2.28. The van der Waals surface area contributed by atoms with Gasteiger partial charge in [-0.2, -0.15) is 15.6 Å². The summed E-state index contributed by atoms with van der Waals surface area (Å²) in [7, 11) is 0. The van der Waals surface area contributed by atoms with Crippen molar-refractivity contribution < 1.29 is 4.39 Å². The molecule has 0 radical (unpaired) electrons. The Hall–Kier alpha value is -5.55. The Balaban J connectivity index is 1.44. The van der Waals surface area contributed by atoms with E-state index in [0.717, 1.165) is 0 Å². The Morgan fingerprint density at radius 3 is 2.67 bits per heavy atom. The molecule has 2 N–H and O–H groups in total. The lowest BCUT2D eigenvalue weighted by Gasteiger charge is -2.10. The van der Waals surface area contributed by atoms with Crippen molar-refractivity contribution >= 4 is 22.1 Å². The van der Waals surface area contributed by atoms with Gasteiger partial charge in [0.15, 0.2) is 5.82 Å². The highest BCUT2D eigenvalue weighted by atomic mass is 19.1. The molecule has 0 saturated carbocycles. The summed E-state index contributed by atoms with van der Waals surface area (Å²) in [6, 6.07) is 19.1. The molecule has 3 aromatic carbocycles. The minimum Gasteiger partial charge on any atom is -0.306 e.